The van der Waals surface area contributed by atoms with E-state index in [4.69, 9.17) is 5.11 Å². The fraction of sp³-hybridized carbons (Fsp3) is 0.600. The first-order valence-electron chi connectivity index (χ1n) is 5.31. The monoisotopic (exact) mass is 281 g/mol. The standard InChI is InChI=1S/C10H10F3NO5/c11-10(12,13)8(17)5(9(18)19)3-4-14-6(15)1-2-7(14)16/h5H,1-4H2,(H,18,19). The van der Waals surface area contributed by atoms with Gasteiger partial charge in [-0.15, -0.1) is 0 Å². The Kier molecular flexibility index (Phi) is 4.28. The number of likely N-dealkylation sites (tertiary alicyclic amines) is 1. The van der Waals surface area contributed by atoms with Crippen LogP contribution >= 0.6 is 0 Å². The minimum atomic E-state index is -5.26. The molecule has 1 N–H and O–H groups in total. The van der Waals surface area contributed by atoms with Crippen molar-refractivity contribution >= 4 is 23.6 Å². The van der Waals surface area contributed by atoms with Crippen molar-refractivity contribution in [3.63, 3.8) is 0 Å². The molecule has 1 fully saturated rings. The summed E-state index contributed by atoms with van der Waals surface area (Å²) >= 11 is 0. The largest absolute Gasteiger partial charge is 0.481 e. The minimum absolute atomic E-state index is 0.0518. The van der Waals surface area contributed by atoms with Gasteiger partial charge in [0.1, 0.15) is 5.92 Å². The molecule has 1 saturated heterocycles. The van der Waals surface area contributed by atoms with Crippen molar-refractivity contribution < 1.29 is 37.5 Å². The molecule has 19 heavy (non-hydrogen) atoms. The normalized spacial score (nSPS) is 17.7. The van der Waals surface area contributed by atoms with Crippen LogP contribution in [0.5, 0.6) is 0 Å². The van der Waals surface area contributed by atoms with Gasteiger partial charge in [-0.05, 0) is 6.42 Å². The maximum absolute atomic E-state index is 12.2. The van der Waals surface area contributed by atoms with E-state index in [1.54, 1.807) is 0 Å². The Morgan fingerprint density at radius 1 is 1.21 bits per heavy atom. The third kappa shape index (κ3) is 3.52. The number of amides is 2. The first-order chi connectivity index (χ1) is 8.64. The maximum Gasteiger partial charge on any atom is 0.450 e. The Hall–Kier alpha value is -1.93. The molecule has 0 radical (unpaired) electrons. The third-order valence-corrected chi connectivity index (χ3v) is 2.69. The predicted molar refractivity (Wildman–Crippen MR) is 52.8 cm³/mol. The summed E-state index contributed by atoms with van der Waals surface area (Å²) in [5.41, 5.74) is 0. The van der Waals surface area contributed by atoms with Crippen LogP contribution < -0.4 is 0 Å². The van der Waals surface area contributed by atoms with E-state index in [1.807, 2.05) is 0 Å². The van der Waals surface area contributed by atoms with Gasteiger partial charge >= 0.3 is 12.1 Å². The van der Waals surface area contributed by atoms with Crippen molar-refractivity contribution in [2.75, 3.05) is 6.54 Å². The number of alkyl halides is 3. The zero-order chi connectivity index (χ0) is 14.8. The fourth-order valence-electron chi connectivity index (χ4n) is 1.69. The molecule has 0 aliphatic carbocycles. The van der Waals surface area contributed by atoms with E-state index < -0.39 is 48.6 Å². The van der Waals surface area contributed by atoms with Gasteiger partial charge in [0.05, 0.1) is 0 Å². The molecule has 0 spiro atoms. The highest BCUT2D eigenvalue weighted by Crippen LogP contribution is 2.24. The summed E-state index contributed by atoms with van der Waals surface area (Å²) in [7, 11) is 0. The molecule has 9 heteroatoms. The van der Waals surface area contributed by atoms with Crippen LogP contribution in [0.25, 0.3) is 0 Å². The third-order valence-electron chi connectivity index (χ3n) is 2.69. The summed E-state index contributed by atoms with van der Waals surface area (Å²) in [5, 5.41) is 8.60. The van der Waals surface area contributed by atoms with Gasteiger partial charge in [0.2, 0.25) is 17.6 Å². The molecule has 1 aliphatic rings. The molecular weight excluding hydrogens is 271 g/mol. The Bertz CT molecular complexity index is 415. The number of carbonyl (C=O) groups is 4. The van der Waals surface area contributed by atoms with Crippen LogP contribution in [0, 0.1) is 5.92 Å². The number of carboxylic acid groups (broad SMARTS) is 1. The van der Waals surface area contributed by atoms with Gasteiger partial charge in [0, 0.05) is 19.4 Å². The number of aliphatic carboxylic acids is 1. The number of carbonyl (C=O) groups excluding carboxylic acids is 3. The van der Waals surface area contributed by atoms with Crippen molar-refractivity contribution in [2.45, 2.75) is 25.4 Å². The molecule has 1 atom stereocenters. The molecule has 1 rings (SSSR count). The number of imide groups is 1. The quantitative estimate of drug-likeness (QED) is 0.580. The SMILES string of the molecule is O=C(O)C(CCN1C(=O)CCC1=O)C(=O)C(F)(F)F. The number of Topliss-reactive ketones (excluding diaryl/α,β-unsaturated/α-hetero) is 1. The summed E-state index contributed by atoms with van der Waals surface area (Å²) in [6.07, 6.45) is -6.11. The highest BCUT2D eigenvalue weighted by molar-refractivity contribution is 6.03. The van der Waals surface area contributed by atoms with Gasteiger partial charge in [-0.2, -0.15) is 13.2 Å². The highest BCUT2D eigenvalue weighted by atomic mass is 19.4. The highest BCUT2D eigenvalue weighted by Gasteiger charge is 2.46. The first-order valence-corrected chi connectivity index (χ1v) is 5.31. The van der Waals surface area contributed by atoms with E-state index in [1.165, 1.54) is 0 Å². The lowest BCUT2D eigenvalue weighted by atomic mass is 9.99. The van der Waals surface area contributed by atoms with Gasteiger partial charge < -0.3 is 5.11 Å². The number of nitrogens with zero attached hydrogens (tertiary/aromatic N) is 1. The van der Waals surface area contributed by atoms with Gasteiger partial charge in [-0.1, -0.05) is 0 Å². The van der Waals surface area contributed by atoms with Crippen molar-refractivity contribution in [1.82, 2.24) is 4.90 Å². The number of ketones is 1. The molecule has 1 unspecified atom stereocenters. The smallest absolute Gasteiger partial charge is 0.450 e. The second-order valence-corrected chi connectivity index (χ2v) is 3.98. The lowest BCUT2D eigenvalue weighted by molar-refractivity contribution is -0.180. The van der Waals surface area contributed by atoms with Crippen LogP contribution in [0.4, 0.5) is 13.2 Å². The summed E-state index contributed by atoms with van der Waals surface area (Å²) in [6.45, 7) is -0.504. The van der Waals surface area contributed by atoms with Crippen LogP contribution in [-0.4, -0.2) is 46.3 Å². The second kappa shape index (κ2) is 5.37. The van der Waals surface area contributed by atoms with Crippen molar-refractivity contribution in [2.24, 2.45) is 5.92 Å². The topological polar surface area (TPSA) is 91.8 Å². The van der Waals surface area contributed by atoms with Crippen LogP contribution in [0.2, 0.25) is 0 Å². The number of rotatable bonds is 5. The molecule has 6 nitrogen and oxygen atoms in total. The van der Waals surface area contributed by atoms with Crippen molar-refractivity contribution in [3.8, 4) is 0 Å². The van der Waals surface area contributed by atoms with Crippen LogP contribution in [-0.2, 0) is 19.2 Å². The van der Waals surface area contributed by atoms with Gasteiger partial charge in [0.15, 0.2) is 0 Å². The predicted octanol–water partition coefficient (Wildman–Crippen LogP) is 0.358. The average molecular weight is 281 g/mol. The molecule has 0 aromatic carbocycles. The summed E-state index contributed by atoms with van der Waals surface area (Å²) < 4.78 is 36.5. The number of hydrogen-bond acceptors (Lipinski definition) is 4. The Morgan fingerprint density at radius 2 is 1.68 bits per heavy atom. The average Bonchev–Trinajstić information content (AvgIpc) is 2.58. The Labute approximate surface area is 105 Å². The lowest BCUT2D eigenvalue weighted by Crippen LogP contribution is -2.39. The first kappa shape index (κ1) is 15.1. The number of hydrogen-bond donors (Lipinski definition) is 1. The van der Waals surface area contributed by atoms with Gasteiger partial charge in [-0.25, -0.2) is 0 Å². The fourth-order valence-corrected chi connectivity index (χ4v) is 1.69. The van der Waals surface area contributed by atoms with Gasteiger partial charge in [0.25, 0.3) is 0 Å². The molecule has 106 valence electrons. The second-order valence-electron chi connectivity index (χ2n) is 3.98. The van der Waals surface area contributed by atoms with Crippen molar-refractivity contribution in [1.29, 1.82) is 0 Å². The van der Waals surface area contributed by atoms with Crippen molar-refractivity contribution in [3.05, 3.63) is 0 Å². The van der Waals surface area contributed by atoms with E-state index in [0.29, 0.717) is 4.90 Å². The Morgan fingerprint density at radius 3 is 2.05 bits per heavy atom. The van der Waals surface area contributed by atoms with E-state index in [-0.39, 0.29) is 12.8 Å². The zero-order valence-electron chi connectivity index (χ0n) is 9.57. The van der Waals surface area contributed by atoms with E-state index >= 15 is 0 Å². The lowest BCUT2D eigenvalue weighted by Gasteiger charge is -2.17. The maximum atomic E-state index is 12.2. The molecule has 2 amide bonds. The van der Waals surface area contributed by atoms with Gasteiger partial charge in [-0.3, -0.25) is 24.1 Å². The molecular formula is C10H10F3NO5. The van der Waals surface area contributed by atoms with E-state index in [2.05, 4.69) is 0 Å². The molecule has 0 bridgehead atoms. The number of carboxylic acids is 1. The van der Waals surface area contributed by atoms with E-state index in [9.17, 15) is 32.3 Å². The van der Waals surface area contributed by atoms with Crippen LogP contribution in [0.3, 0.4) is 0 Å². The molecule has 0 saturated carbocycles. The molecule has 0 aromatic heterocycles. The molecule has 1 aliphatic heterocycles. The number of halogens is 3. The molecule has 0 aromatic rings. The van der Waals surface area contributed by atoms with E-state index in [0.717, 1.165) is 0 Å². The zero-order valence-corrected chi connectivity index (χ0v) is 9.57. The van der Waals surface area contributed by atoms with Crippen LogP contribution in [0.1, 0.15) is 19.3 Å². The van der Waals surface area contributed by atoms with Crippen LogP contribution in [0.15, 0.2) is 0 Å². The summed E-state index contributed by atoms with van der Waals surface area (Å²) in [5.74, 6) is -7.77. The summed E-state index contributed by atoms with van der Waals surface area (Å²) in [6, 6.07) is 0. The Balaban J connectivity index is 2.71. The minimum Gasteiger partial charge on any atom is -0.481 e. The molecule has 1 heterocycles. The summed E-state index contributed by atoms with van der Waals surface area (Å²) in [4.78, 5) is 44.6.